The van der Waals surface area contributed by atoms with Crippen molar-refractivity contribution in [3.05, 3.63) is 34.3 Å². The van der Waals surface area contributed by atoms with E-state index in [0.717, 1.165) is 22.2 Å². The van der Waals surface area contributed by atoms with Gasteiger partial charge in [-0.05, 0) is 31.7 Å². The fraction of sp³-hybridized carbons (Fsp3) is 0.526. The lowest BCUT2D eigenvalue weighted by Gasteiger charge is -2.24. The van der Waals surface area contributed by atoms with Gasteiger partial charge in [0.2, 0.25) is 5.91 Å². The maximum atomic E-state index is 12.9. The Morgan fingerprint density at radius 2 is 1.96 bits per heavy atom. The second-order valence-corrected chi connectivity index (χ2v) is 8.09. The van der Waals surface area contributed by atoms with Gasteiger partial charge in [0.25, 0.3) is 5.91 Å². The van der Waals surface area contributed by atoms with E-state index in [4.69, 9.17) is 0 Å². The van der Waals surface area contributed by atoms with Gasteiger partial charge in [-0.15, -0.1) is 0 Å². The third-order valence-electron chi connectivity index (χ3n) is 5.30. The second kappa shape index (κ2) is 7.78. The van der Waals surface area contributed by atoms with Gasteiger partial charge in [0.1, 0.15) is 12.1 Å². The van der Waals surface area contributed by atoms with Crippen LogP contribution in [0.25, 0.3) is 0 Å². The molecule has 1 aromatic carbocycles. The van der Waals surface area contributed by atoms with Gasteiger partial charge in [0, 0.05) is 16.6 Å². The Labute approximate surface area is 161 Å². The molecule has 0 spiro atoms. The number of carbonyl (C=O) groups is 3. The first-order valence-electron chi connectivity index (χ1n) is 9.07. The minimum atomic E-state index is -1.18. The van der Waals surface area contributed by atoms with Crippen LogP contribution in [0, 0.1) is 5.92 Å². The minimum Gasteiger partial charge on any atom is -0.354 e. The fourth-order valence-corrected chi connectivity index (χ4v) is 4.42. The average Bonchev–Trinajstić information content (AvgIpc) is 2.85. The summed E-state index contributed by atoms with van der Waals surface area (Å²) in [5.41, 5.74) is -0.510. The van der Waals surface area contributed by atoms with Crippen molar-refractivity contribution in [2.75, 3.05) is 13.1 Å². The number of benzene rings is 1. The van der Waals surface area contributed by atoms with E-state index in [9.17, 15) is 14.4 Å². The monoisotopic (exact) mass is 421 g/mol. The average molecular weight is 422 g/mol. The SMILES string of the molecule is CC1(c2ccccc2Br)NC(=O)N(CC(=O)NCC2CCCCC2)C1=O. The molecule has 0 aromatic heterocycles. The lowest BCUT2D eigenvalue weighted by Crippen LogP contribution is -2.44. The van der Waals surface area contributed by atoms with E-state index in [1.54, 1.807) is 13.0 Å². The third-order valence-corrected chi connectivity index (χ3v) is 5.99. The molecule has 2 aliphatic rings. The largest absolute Gasteiger partial charge is 0.354 e. The highest BCUT2D eigenvalue weighted by Gasteiger charge is 2.50. The normalized spacial score (nSPS) is 23.8. The first-order chi connectivity index (χ1) is 12.4. The number of urea groups is 1. The summed E-state index contributed by atoms with van der Waals surface area (Å²) in [5.74, 6) is -0.209. The summed E-state index contributed by atoms with van der Waals surface area (Å²) in [6.45, 7) is 2.02. The quantitative estimate of drug-likeness (QED) is 0.717. The molecule has 1 aliphatic carbocycles. The molecule has 1 atom stereocenters. The summed E-state index contributed by atoms with van der Waals surface area (Å²) in [6, 6.07) is 6.72. The highest BCUT2D eigenvalue weighted by molar-refractivity contribution is 9.10. The van der Waals surface area contributed by atoms with Crippen LogP contribution in [0.15, 0.2) is 28.7 Å². The van der Waals surface area contributed by atoms with E-state index in [1.807, 2.05) is 18.2 Å². The first-order valence-corrected chi connectivity index (χ1v) is 9.87. The van der Waals surface area contributed by atoms with E-state index >= 15 is 0 Å². The maximum Gasteiger partial charge on any atom is 0.325 e. The summed E-state index contributed by atoms with van der Waals surface area (Å²) in [4.78, 5) is 38.4. The summed E-state index contributed by atoms with van der Waals surface area (Å²) < 4.78 is 0.736. The van der Waals surface area contributed by atoms with Crippen LogP contribution in [0.5, 0.6) is 0 Å². The number of carbonyl (C=O) groups excluding carboxylic acids is 3. The molecule has 1 saturated heterocycles. The lowest BCUT2D eigenvalue weighted by molar-refractivity contribution is -0.134. The van der Waals surface area contributed by atoms with Crippen LogP contribution in [-0.2, 0) is 15.1 Å². The van der Waals surface area contributed by atoms with Crippen LogP contribution in [0.4, 0.5) is 4.79 Å². The summed E-state index contributed by atoms with van der Waals surface area (Å²) in [5, 5.41) is 5.60. The van der Waals surface area contributed by atoms with Crippen LogP contribution in [0.2, 0.25) is 0 Å². The molecule has 1 unspecified atom stereocenters. The van der Waals surface area contributed by atoms with Gasteiger partial charge < -0.3 is 10.6 Å². The first kappa shape index (κ1) is 18.9. The highest BCUT2D eigenvalue weighted by Crippen LogP contribution is 2.33. The van der Waals surface area contributed by atoms with Gasteiger partial charge in [-0.3, -0.25) is 14.5 Å². The molecule has 7 heteroatoms. The van der Waals surface area contributed by atoms with Gasteiger partial charge in [-0.2, -0.15) is 0 Å². The van der Waals surface area contributed by atoms with E-state index in [0.29, 0.717) is 18.0 Å². The highest BCUT2D eigenvalue weighted by atomic mass is 79.9. The maximum absolute atomic E-state index is 12.9. The molecular weight excluding hydrogens is 398 g/mol. The van der Waals surface area contributed by atoms with Crippen molar-refractivity contribution in [2.24, 2.45) is 5.92 Å². The number of hydrogen-bond donors (Lipinski definition) is 2. The number of rotatable bonds is 5. The predicted molar refractivity (Wildman–Crippen MR) is 101 cm³/mol. The third kappa shape index (κ3) is 3.77. The van der Waals surface area contributed by atoms with E-state index < -0.39 is 17.5 Å². The van der Waals surface area contributed by atoms with Crippen LogP contribution < -0.4 is 10.6 Å². The Balaban J connectivity index is 1.63. The standard InChI is InChI=1S/C19H24BrN3O3/c1-19(14-9-5-6-10-15(14)20)17(25)23(18(26)22-19)12-16(24)21-11-13-7-3-2-4-8-13/h5-6,9-10,13H,2-4,7-8,11-12H2,1H3,(H,21,24)(H,22,26). The van der Waals surface area contributed by atoms with Gasteiger partial charge in [0.15, 0.2) is 0 Å². The summed E-state index contributed by atoms with van der Waals surface area (Å²) in [6.07, 6.45) is 5.93. The molecular formula is C19H24BrN3O3. The zero-order valence-electron chi connectivity index (χ0n) is 14.9. The molecule has 2 N–H and O–H groups in total. The molecule has 140 valence electrons. The van der Waals surface area contributed by atoms with Crippen molar-refractivity contribution in [3.63, 3.8) is 0 Å². The number of halogens is 1. The zero-order chi connectivity index (χ0) is 18.7. The predicted octanol–water partition coefficient (Wildman–Crippen LogP) is 2.91. The molecule has 1 aliphatic heterocycles. The Morgan fingerprint density at radius 3 is 2.65 bits per heavy atom. The molecule has 4 amide bonds. The Hall–Kier alpha value is -1.89. The number of imide groups is 1. The topological polar surface area (TPSA) is 78.5 Å². The Bertz CT molecular complexity index is 718. The number of nitrogens with zero attached hydrogens (tertiary/aromatic N) is 1. The van der Waals surface area contributed by atoms with Crippen LogP contribution in [-0.4, -0.2) is 35.8 Å². The zero-order valence-corrected chi connectivity index (χ0v) is 16.5. The van der Waals surface area contributed by atoms with Crippen molar-refractivity contribution in [1.29, 1.82) is 0 Å². The van der Waals surface area contributed by atoms with Crippen LogP contribution >= 0.6 is 15.9 Å². The molecule has 0 bridgehead atoms. The molecule has 6 nitrogen and oxygen atoms in total. The molecule has 2 fully saturated rings. The number of hydrogen-bond acceptors (Lipinski definition) is 3. The van der Waals surface area contributed by atoms with Gasteiger partial charge in [-0.25, -0.2) is 4.79 Å². The van der Waals surface area contributed by atoms with E-state index in [1.165, 1.54) is 19.3 Å². The van der Waals surface area contributed by atoms with E-state index in [2.05, 4.69) is 26.6 Å². The molecule has 0 radical (unpaired) electrons. The summed E-state index contributed by atoms with van der Waals surface area (Å²) in [7, 11) is 0. The lowest BCUT2D eigenvalue weighted by atomic mass is 9.89. The van der Waals surface area contributed by atoms with Gasteiger partial charge >= 0.3 is 6.03 Å². The van der Waals surface area contributed by atoms with Crippen LogP contribution in [0.3, 0.4) is 0 Å². The fourth-order valence-electron chi connectivity index (χ4n) is 3.74. The Morgan fingerprint density at radius 1 is 1.27 bits per heavy atom. The number of amides is 4. The van der Waals surface area contributed by atoms with Crippen molar-refractivity contribution in [3.8, 4) is 0 Å². The van der Waals surface area contributed by atoms with E-state index in [-0.39, 0.29) is 12.5 Å². The summed E-state index contributed by atoms with van der Waals surface area (Å²) >= 11 is 3.43. The Kier molecular flexibility index (Phi) is 5.65. The molecule has 3 rings (SSSR count). The van der Waals surface area contributed by atoms with Crippen molar-refractivity contribution in [1.82, 2.24) is 15.5 Å². The second-order valence-electron chi connectivity index (χ2n) is 7.23. The van der Waals surface area contributed by atoms with Crippen LogP contribution in [0.1, 0.15) is 44.6 Å². The molecule has 1 aromatic rings. The van der Waals surface area contributed by atoms with Crippen molar-refractivity contribution < 1.29 is 14.4 Å². The van der Waals surface area contributed by atoms with Crippen molar-refractivity contribution >= 4 is 33.8 Å². The van der Waals surface area contributed by atoms with Gasteiger partial charge in [0.05, 0.1) is 0 Å². The van der Waals surface area contributed by atoms with Crippen molar-refractivity contribution in [2.45, 2.75) is 44.6 Å². The minimum absolute atomic E-state index is 0.253. The number of nitrogens with one attached hydrogen (secondary N) is 2. The smallest absolute Gasteiger partial charge is 0.325 e. The molecule has 1 heterocycles. The van der Waals surface area contributed by atoms with Gasteiger partial charge in [-0.1, -0.05) is 53.4 Å². The molecule has 1 saturated carbocycles. The molecule has 26 heavy (non-hydrogen) atoms.